The highest BCUT2D eigenvalue weighted by atomic mass is 19.1. The van der Waals surface area contributed by atoms with Gasteiger partial charge in [-0.15, -0.1) is 6.58 Å². The second-order valence-electron chi connectivity index (χ2n) is 8.49. The van der Waals surface area contributed by atoms with Crippen LogP contribution in [-0.2, 0) is 29.1 Å². The number of nitrogens with one attached hydrogen (secondary N) is 1. The minimum atomic E-state index is -0.662. The second kappa shape index (κ2) is 12.1. The molecule has 1 N–H and O–H groups in total. The summed E-state index contributed by atoms with van der Waals surface area (Å²) in [6, 6.07) is 11.8. The summed E-state index contributed by atoms with van der Waals surface area (Å²) in [5.74, 6) is -0.387. The van der Waals surface area contributed by atoms with E-state index in [-0.39, 0.29) is 36.2 Å². The van der Waals surface area contributed by atoms with Crippen LogP contribution in [0.1, 0.15) is 39.9 Å². The van der Waals surface area contributed by atoms with Crippen molar-refractivity contribution in [2.75, 3.05) is 13.7 Å². The highest BCUT2D eigenvalue weighted by molar-refractivity contribution is 6.13. The van der Waals surface area contributed by atoms with Crippen LogP contribution in [0.2, 0.25) is 0 Å². The van der Waals surface area contributed by atoms with Gasteiger partial charge in [0.2, 0.25) is 5.76 Å². The second-order valence-corrected chi connectivity index (χ2v) is 8.49. The van der Waals surface area contributed by atoms with Crippen molar-refractivity contribution in [3.05, 3.63) is 101 Å². The summed E-state index contributed by atoms with van der Waals surface area (Å²) in [5.41, 5.74) is 2.20. The van der Waals surface area contributed by atoms with E-state index in [9.17, 15) is 18.8 Å². The quantitative estimate of drug-likeness (QED) is 0.160. The third kappa shape index (κ3) is 6.35. The lowest BCUT2D eigenvalue weighted by Gasteiger charge is -2.17. The van der Waals surface area contributed by atoms with Crippen molar-refractivity contribution in [2.45, 2.75) is 26.5 Å². The molecule has 9 nitrogen and oxygen atoms in total. The fourth-order valence-electron chi connectivity index (χ4n) is 3.95. The molecule has 1 saturated heterocycles. The van der Waals surface area contributed by atoms with Crippen molar-refractivity contribution >= 4 is 24.0 Å². The number of amides is 3. The first-order valence-electron chi connectivity index (χ1n) is 12.1. The van der Waals surface area contributed by atoms with Crippen LogP contribution in [0.5, 0.6) is 11.5 Å². The minimum absolute atomic E-state index is 0.0322. The van der Waals surface area contributed by atoms with Crippen molar-refractivity contribution in [1.29, 1.82) is 0 Å². The maximum Gasteiger partial charge on any atom is 0.373 e. The van der Waals surface area contributed by atoms with E-state index in [1.165, 1.54) is 31.4 Å². The molecule has 0 atom stereocenters. The van der Waals surface area contributed by atoms with Gasteiger partial charge in [0.1, 0.15) is 23.9 Å². The van der Waals surface area contributed by atoms with Crippen LogP contribution in [0.25, 0.3) is 6.08 Å². The molecule has 2 aromatic carbocycles. The topological polar surface area (TPSA) is 107 Å². The summed E-state index contributed by atoms with van der Waals surface area (Å²) < 4.78 is 35.2. The van der Waals surface area contributed by atoms with E-state index in [0.717, 1.165) is 16.0 Å². The molecule has 39 heavy (non-hydrogen) atoms. The maximum absolute atomic E-state index is 13.3. The van der Waals surface area contributed by atoms with Crippen LogP contribution in [0.4, 0.5) is 9.18 Å². The Morgan fingerprint density at radius 2 is 1.90 bits per heavy atom. The van der Waals surface area contributed by atoms with E-state index < -0.39 is 17.9 Å². The molecule has 0 bridgehead atoms. The number of furan rings is 1. The number of halogens is 1. The molecule has 3 aromatic rings. The molecular formula is C29H27FN2O7. The molecule has 2 heterocycles. The summed E-state index contributed by atoms with van der Waals surface area (Å²) in [4.78, 5) is 38.2. The van der Waals surface area contributed by atoms with Gasteiger partial charge in [-0.3, -0.25) is 9.69 Å². The number of esters is 1. The van der Waals surface area contributed by atoms with Gasteiger partial charge in [-0.25, -0.2) is 14.0 Å². The first-order chi connectivity index (χ1) is 18.8. The number of hydrogen-bond donors (Lipinski definition) is 1. The molecule has 0 spiro atoms. The van der Waals surface area contributed by atoms with Gasteiger partial charge < -0.3 is 23.9 Å². The zero-order valence-electron chi connectivity index (χ0n) is 21.5. The molecule has 0 unspecified atom stereocenters. The fraction of sp³-hybridized carbons (Fsp3) is 0.207. The Morgan fingerprint density at radius 3 is 2.59 bits per heavy atom. The lowest BCUT2D eigenvalue weighted by molar-refractivity contribution is -0.123. The first kappa shape index (κ1) is 27.2. The van der Waals surface area contributed by atoms with Gasteiger partial charge in [0, 0.05) is 5.56 Å². The number of methoxy groups -OCH3 is 1. The molecule has 0 aliphatic carbocycles. The predicted octanol–water partition coefficient (Wildman–Crippen LogP) is 5.00. The Balaban J connectivity index is 1.58. The lowest BCUT2D eigenvalue weighted by atomic mass is 10.0. The number of nitrogens with zero attached hydrogens (tertiary/aromatic N) is 1. The Labute approximate surface area is 224 Å². The zero-order valence-corrected chi connectivity index (χ0v) is 21.5. The monoisotopic (exact) mass is 534 g/mol. The molecule has 1 aliphatic heterocycles. The largest absolute Gasteiger partial charge is 0.490 e. The Bertz CT molecular complexity index is 1430. The number of carbonyl (C=O) groups is 3. The Kier molecular flexibility index (Phi) is 8.45. The van der Waals surface area contributed by atoms with Gasteiger partial charge in [-0.1, -0.05) is 18.2 Å². The number of hydrogen-bond acceptors (Lipinski definition) is 7. The van der Waals surface area contributed by atoms with Crippen molar-refractivity contribution < 1.29 is 37.4 Å². The van der Waals surface area contributed by atoms with Crippen LogP contribution in [0.15, 0.2) is 71.3 Å². The minimum Gasteiger partial charge on any atom is -0.490 e. The van der Waals surface area contributed by atoms with Gasteiger partial charge in [0.25, 0.3) is 5.91 Å². The molecule has 202 valence electrons. The van der Waals surface area contributed by atoms with Gasteiger partial charge in [0.05, 0.1) is 20.3 Å². The lowest BCUT2D eigenvalue weighted by Crippen LogP contribution is -2.30. The van der Waals surface area contributed by atoms with Crippen LogP contribution in [0, 0.1) is 5.82 Å². The number of imide groups is 1. The molecule has 3 amide bonds. The summed E-state index contributed by atoms with van der Waals surface area (Å²) in [7, 11) is 1.22. The van der Waals surface area contributed by atoms with E-state index in [2.05, 4.69) is 16.6 Å². The third-order valence-corrected chi connectivity index (χ3v) is 5.75. The van der Waals surface area contributed by atoms with E-state index >= 15 is 0 Å². The number of carbonyl (C=O) groups excluding carboxylic acids is 3. The smallest absolute Gasteiger partial charge is 0.373 e. The van der Waals surface area contributed by atoms with Crippen molar-refractivity contribution in [1.82, 2.24) is 10.2 Å². The van der Waals surface area contributed by atoms with Crippen LogP contribution in [0.3, 0.4) is 0 Å². The van der Waals surface area contributed by atoms with Crippen molar-refractivity contribution in [3.63, 3.8) is 0 Å². The Morgan fingerprint density at radius 1 is 1.13 bits per heavy atom. The zero-order chi connectivity index (χ0) is 27.9. The molecule has 4 rings (SSSR count). The van der Waals surface area contributed by atoms with Crippen LogP contribution < -0.4 is 14.8 Å². The SMILES string of the molecule is C=CCc1cc(/C=C2\NC(=O)N(Cc3ccc(C(=O)OC)o3)C2=O)cc(OCC)c1OCc1ccc(F)cc1. The number of benzene rings is 2. The fourth-order valence-corrected chi connectivity index (χ4v) is 3.95. The highest BCUT2D eigenvalue weighted by Gasteiger charge is 2.34. The first-order valence-corrected chi connectivity index (χ1v) is 12.1. The van der Waals surface area contributed by atoms with E-state index in [1.807, 2.05) is 13.0 Å². The number of ether oxygens (including phenoxy) is 3. The molecule has 10 heteroatoms. The third-order valence-electron chi connectivity index (χ3n) is 5.75. The normalized spacial score (nSPS) is 13.9. The van der Waals surface area contributed by atoms with Crippen LogP contribution in [-0.4, -0.2) is 36.5 Å². The van der Waals surface area contributed by atoms with Gasteiger partial charge in [-0.05, 0) is 66.9 Å². The summed E-state index contributed by atoms with van der Waals surface area (Å²) >= 11 is 0. The van der Waals surface area contributed by atoms with Crippen molar-refractivity contribution in [3.8, 4) is 11.5 Å². The Hall–Kier alpha value is -4.86. The number of allylic oxidation sites excluding steroid dienone is 1. The summed E-state index contributed by atoms with van der Waals surface area (Å²) in [6.45, 7) is 6.04. The molecule has 1 aliphatic rings. The maximum atomic E-state index is 13.3. The molecular weight excluding hydrogens is 507 g/mol. The predicted molar refractivity (Wildman–Crippen MR) is 139 cm³/mol. The van der Waals surface area contributed by atoms with E-state index in [0.29, 0.717) is 30.1 Å². The van der Waals surface area contributed by atoms with Crippen molar-refractivity contribution in [2.24, 2.45) is 0 Å². The van der Waals surface area contributed by atoms with Gasteiger partial charge in [0.15, 0.2) is 11.5 Å². The van der Waals surface area contributed by atoms with Crippen LogP contribution >= 0.6 is 0 Å². The average molecular weight is 535 g/mol. The number of urea groups is 1. The highest BCUT2D eigenvalue weighted by Crippen LogP contribution is 2.35. The number of rotatable bonds is 11. The standard InChI is InChI=1S/C29H27FN2O7/c1-4-6-20-13-19(15-25(37-5-2)26(20)38-17-18-7-9-21(30)10-8-18)14-23-27(33)32(29(35)31-23)16-22-11-12-24(39-22)28(34)36-3/h4,7-15H,1,5-6,16-17H2,2-3H3,(H,31,35)/b23-14-. The summed E-state index contributed by atoms with van der Waals surface area (Å²) in [6.07, 6.45) is 3.70. The average Bonchev–Trinajstić information content (AvgIpc) is 3.49. The van der Waals surface area contributed by atoms with Gasteiger partial charge in [-0.2, -0.15) is 0 Å². The van der Waals surface area contributed by atoms with Gasteiger partial charge >= 0.3 is 12.0 Å². The van der Waals surface area contributed by atoms with E-state index in [4.69, 9.17) is 13.9 Å². The molecule has 0 saturated carbocycles. The van der Waals surface area contributed by atoms with E-state index in [1.54, 1.807) is 30.4 Å². The summed E-state index contributed by atoms with van der Waals surface area (Å²) in [5, 5.41) is 2.57. The molecule has 1 fully saturated rings. The molecule has 1 aromatic heterocycles. The molecule has 0 radical (unpaired) electrons.